The number of nitrogens with two attached hydrogens (primary N) is 1. The van der Waals surface area contributed by atoms with Crippen LogP contribution in [-0.2, 0) is 25.8 Å². The topological polar surface area (TPSA) is 112 Å². The minimum atomic E-state index is -4.79. The van der Waals surface area contributed by atoms with Gasteiger partial charge in [-0.15, -0.1) is 0 Å². The number of aromatic nitrogens is 4. The van der Waals surface area contributed by atoms with Gasteiger partial charge in [0.1, 0.15) is 47.7 Å². The van der Waals surface area contributed by atoms with Crippen molar-refractivity contribution in [3.05, 3.63) is 118 Å². The number of nitrogens with zero attached hydrogens (tertiary/aromatic N) is 6. The maximum absolute atomic E-state index is 15.0. The fraction of sp³-hybridized carbons (Fsp3) is 0.231. The summed E-state index contributed by atoms with van der Waals surface area (Å²) in [5, 5.41) is 0.299. The second kappa shape index (κ2) is 14.9. The Balaban J connectivity index is 1.37. The van der Waals surface area contributed by atoms with Gasteiger partial charge < -0.3 is 29.7 Å². The van der Waals surface area contributed by atoms with Crippen LogP contribution in [0.4, 0.5) is 35.0 Å². The Morgan fingerprint density at radius 2 is 1.57 bits per heavy atom. The van der Waals surface area contributed by atoms with Crippen molar-refractivity contribution in [3.8, 4) is 28.5 Å². The van der Waals surface area contributed by atoms with Gasteiger partial charge in [0.25, 0.3) is 0 Å². The Bertz CT molecular complexity index is 2280. The third kappa shape index (κ3) is 7.33. The van der Waals surface area contributed by atoms with Crippen molar-refractivity contribution >= 4 is 40.0 Å². The van der Waals surface area contributed by atoms with Crippen LogP contribution in [0.3, 0.4) is 0 Å². The minimum absolute atomic E-state index is 0.0121. The smallest absolute Gasteiger partial charge is 0.418 e. The molecule has 0 fully saturated rings. The van der Waals surface area contributed by atoms with Gasteiger partial charge in [-0.3, -0.25) is 0 Å². The van der Waals surface area contributed by atoms with Crippen LogP contribution in [0.5, 0.6) is 17.2 Å². The van der Waals surface area contributed by atoms with Crippen molar-refractivity contribution in [2.75, 3.05) is 42.9 Å². The van der Waals surface area contributed by atoms with E-state index in [0.717, 1.165) is 17.3 Å². The number of benzene rings is 3. The third-order valence-electron chi connectivity index (χ3n) is 9.17. The van der Waals surface area contributed by atoms with E-state index < -0.39 is 17.6 Å². The molecular weight excluding hydrogens is 726 g/mol. The van der Waals surface area contributed by atoms with Crippen molar-refractivity contribution in [1.29, 1.82) is 0 Å². The number of anilines is 3. The molecule has 0 aliphatic carbocycles. The van der Waals surface area contributed by atoms with Crippen LogP contribution in [0.1, 0.15) is 27.8 Å². The minimum Gasteiger partial charge on any atom is -0.497 e. The van der Waals surface area contributed by atoms with Gasteiger partial charge in [-0.05, 0) is 66.1 Å². The van der Waals surface area contributed by atoms with Crippen molar-refractivity contribution in [3.63, 3.8) is 0 Å². The lowest BCUT2D eigenvalue weighted by Gasteiger charge is -2.27. The average Bonchev–Trinajstić information content (AvgIpc) is 3.34. The van der Waals surface area contributed by atoms with Crippen LogP contribution in [0.2, 0.25) is 5.02 Å². The molecule has 4 heterocycles. The van der Waals surface area contributed by atoms with Crippen LogP contribution in [-0.4, -0.2) is 47.3 Å². The number of hydrogen-bond acceptors (Lipinski definition) is 10. The van der Waals surface area contributed by atoms with Crippen LogP contribution in [0, 0.1) is 12.7 Å². The number of hydrogen-bond donors (Lipinski definition) is 1. The maximum atomic E-state index is 15.0. The van der Waals surface area contributed by atoms with Crippen molar-refractivity contribution < 1.29 is 31.8 Å². The van der Waals surface area contributed by atoms with Gasteiger partial charge in [-0.2, -0.15) is 13.2 Å². The predicted octanol–water partition coefficient (Wildman–Crippen LogP) is 8.41. The first kappa shape index (κ1) is 36.5. The molecule has 0 saturated carbocycles. The Morgan fingerprint density at radius 1 is 0.926 bits per heavy atom. The van der Waals surface area contributed by atoms with Crippen LogP contribution < -0.4 is 29.7 Å². The molecule has 15 heteroatoms. The Hall–Kier alpha value is -5.89. The summed E-state index contributed by atoms with van der Waals surface area (Å²) >= 11 is 7.05. The van der Waals surface area contributed by atoms with E-state index in [1.165, 1.54) is 31.5 Å². The molecule has 1 aliphatic rings. The molecule has 0 saturated heterocycles. The number of methoxy groups -OCH3 is 2. The maximum Gasteiger partial charge on any atom is 0.418 e. The number of aryl methyl sites for hydroxylation is 1. The Morgan fingerprint density at radius 3 is 2.19 bits per heavy atom. The molecule has 0 unspecified atom stereocenters. The van der Waals surface area contributed by atoms with Crippen LogP contribution in [0.15, 0.2) is 79.3 Å². The quantitative estimate of drug-likeness (QED) is 0.137. The lowest BCUT2D eigenvalue weighted by molar-refractivity contribution is -0.137. The van der Waals surface area contributed by atoms with Gasteiger partial charge in [0.2, 0.25) is 0 Å². The number of pyridine rings is 2. The normalized spacial score (nSPS) is 12.7. The van der Waals surface area contributed by atoms with Gasteiger partial charge >= 0.3 is 6.18 Å². The summed E-state index contributed by atoms with van der Waals surface area (Å²) in [6, 6.07) is 19.0. The highest BCUT2D eigenvalue weighted by atomic mass is 35.5. The predicted molar refractivity (Wildman–Crippen MR) is 199 cm³/mol. The second-order valence-electron chi connectivity index (χ2n) is 12.7. The van der Waals surface area contributed by atoms with Crippen molar-refractivity contribution in [2.45, 2.75) is 32.7 Å². The molecule has 1 aliphatic heterocycles. The lowest BCUT2D eigenvalue weighted by atomic mass is 9.98. The molecule has 7 rings (SSSR count). The van der Waals surface area contributed by atoms with Crippen LogP contribution >= 0.6 is 11.6 Å². The van der Waals surface area contributed by atoms with E-state index in [2.05, 4.69) is 15.0 Å². The van der Waals surface area contributed by atoms with Gasteiger partial charge in [-0.1, -0.05) is 35.9 Å². The molecular formula is C39H34ClF4N7O3. The average molecular weight is 760 g/mol. The molecule has 3 aromatic carbocycles. The molecule has 6 aromatic rings. The highest BCUT2D eigenvalue weighted by molar-refractivity contribution is 6.36. The summed E-state index contributed by atoms with van der Waals surface area (Å²) in [7, 11) is 3.15. The van der Waals surface area contributed by atoms with E-state index in [0.29, 0.717) is 47.2 Å². The summed E-state index contributed by atoms with van der Waals surface area (Å²) in [6.45, 7) is 2.50. The monoisotopic (exact) mass is 759 g/mol. The lowest BCUT2D eigenvalue weighted by Crippen LogP contribution is -2.28. The molecule has 0 bridgehead atoms. The first-order valence-corrected chi connectivity index (χ1v) is 17.2. The van der Waals surface area contributed by atoms with Gasteiger partial charge in [0.05, 0.1) is 54.1 Å². The largest absolute Gasteiger partial charge is 0.497 e. The molecule has 0 radical (unpaired) electrons. The highest BCUT2D eigenvalue weighted by Gasteiger charge is 2.39. The summed E-state index contributed by atoms with van der Waals surface area (Å²) < 4.78 is 76.0. The molecule has 0 atom stereocenters. The molecule has 54 heavy (non-hydrogen) atoms. The van der Waals surface area contributed by atoms with Gasteiger partial charge in [0.15, 0.2) is 5.75 Å². The van der Waals surface area contributed by atoms with E-state index in [1.807, 2.05) is 58.3 Å². The number of nitrogen functional groups attached to an aromatic ring is 1. The molecule has 2 N–H and O–H groups in total. The number of ether oxygens (including phenoxy) is 3. The summed E-state index contributed by atoms with van der Waals surface area (Å²) in [4.78, 5) is 21.3. The van der Waals surface area contributed by atoms with Crippen molar-refractivity contribution in [2.24, 2.45) is 0 Å². The molecule has 10 nitrogen and oxygen atoms in total. The molecule has 278 valence electrons. The van der Waals surface area contributed by atoms with Gasteiger partial charge in [-0.25, -0.2) is 24.3 Å². The van der Waals surface area contributed by atoms with Crippen molar-refractivity contribution in [1.82, 2.24) is 19.9 Å². The Labute approximate surface area is 313 Å². The first-order valence-electron chi connectivity index (χ1n) is 16.8. The van der Waals surface area contributed by atoms with E-state index in [9.17, 15) is 4.39 Å². The summed E-state index contributed by atoms with van der Waals surface area (Å²) in [5.74, 6) is 1.73. The molecule has 0 amide bonds. The van der Waals surface area contributed by atoms with E-state index in [1.54, 1.807) is 14.2 Å². The third-order valence-corrected chi connectivity index (χ3v) is 9.54. The van der Waals surface area contributed by atoms with E-state index >= 15 is 13.2 Å². The second-order valence-corrected chi connectivity index (χ2v) is 13.1. The molecule has 3 aromatic heterocycles. The summed E-state index contributed by atoms with van der Waals surface area (Å²) in [6.07, 6.45) is -2.46. The Kier molecular flexibility index (Phi) is 10.0. The zero-order valence-electron chi connectivity index (χ0n) is 29.4. The van der Waals surface area contributed by atoms with Gasteiger partial charge in [0, 0.05) is 30.8 Å². The molecule has 0 spiro atoms. The zero-order chi connectivity index (χ0) is 38.1. The van der Waals surface area contributed by atoms with Crippen LogP contribution in [0.25, 0.3) is 22.2 Å². The highest BCUT2D eigenvalue weighted by Crippen LogP contribution is 2.48. The fourth-order valence-electron chi connectivity index (χ4n) is 6.53. The van der Waals surface area contributed by atoms with E-state index in [-0.39, 0.29) is 58.6 Å². The summed E-state index contributed by atoms with van der Waals surface area (Å²) in [5.41, 5.74) is 7.14. The standard InChI is InChI=1S/C39H34ClF4N7O3/c1-22-14-31(51(18-23-4-8-27(52-2)9-5-23)19-24-6-10-28(53-3)11-7-24)49-35(33(22)39(42,43)44)29-16-30-32-36(34(29)40)54-13-12-50(38(32)48-21-47-30)20-25-15-26(41)17-46-37(25)45/h4-11,14-17,21H,12-13,18-20H2,1-3H3,(H2,45,46). The number of alkyl halides is 3. The van der Waals surface area contributed by atoms with E-state index in [4.69, 9.17) is 36.5 Å². The first-order chi connectivity index (χ1) is 25.9. The zero-order valence-corrected chi connectivity index (χ0v) is 30.2. The SMILES string of the molecule is COc1ccc(CN(Cc2ccc(OC)cc2)c2cc(C)c(C(F)(F)F)c(-c3cc4ncnc5c4c(c3Cl)OCCN5Cc3cc(F)cnc3N)n2)cc1. The number of rotatable bonds is 10. The fourth-order valence-corrected chi connectivity index (χ4v) is 6.82. The number of halogens is 5.